The zero-order valence-electron chi connectivity index (χ0n) is 17.8. The highest BCUT2D eigenvalue weighted by atomic mass is 35.5. The van der Waals surface area contributed by atoms with E-state index in [1.807, 2.05) is 13.0 Å². The highest BCUT2D eigenvalue weighted by molar-refractivity contribution is 6.34. The Morgan fingerprint density at radius 2 is 1.91 bits per heavy atom. The fourth-order valence-electron chi connectivity index (χ4n) is 4.09. The summed E-state index contributed by atoms with van der Waals surface area (Å²) in [6.45, 7) is 2.35. The van der Waals surface area contributed by atoms with Gasteiger partial charge in [0.15, 0.2) is 0 Å². The molecule has 1 fully saturated rings. The van der Waals surface area contributed by atoms with Crippen LogP contribution in [-0.4, -0.2) is 33.4 Å². The average Bonchev–Trinajstić information content (AvgIpc) is 3.45. The summed E-state index contributed by atoms with van der Waals surface area (Å²) in [6.07, 6.45) is 4.25. The number of amides is 2. The minimum absolute atomic E-state index is 0.0132. The molecule has 4 rings (SSSR count). The van der Waals surface area contributed by atoms with E-state index in [0.29, 0.717) is 34.1 Å². The standard InChI is InChI=1S/C24H25ClN4O3/c1-2-26-24(32)29-21(15-7-3-4-8-15)14-20(28-29)18-13-16(11-12-22(18)30)27-23(31)17-9-5-6-10-19(17)25/h5-6,9-15,30H,2-4,7-8H2,1H3,(H,26,32)(H,27,31). The van der Waals surface area contributed by atoms with Crippen LogP contribution in [0.1, 0.15) is 54.6 Å². The summed E-state index contributed by atoms with van der Waals surface area (Å²) in [7, 11) is 0. The number of aromatic nitrogens is 2. The number of anilines is 1. The fourth-order valence-corrected chi connectivity index (χ4v) is 4.31. The lowest BCUT2D eigenvalue weighted by molar-refractivity contribution is 0.102. The Kier molecular flexibility index (Phi) is 6.46. The SMILES string of the molecule is CCNC(=O)n1nc(-c2cc(NC(=O)c3ccccc3Cl)ccc2O)cc1C1CCCC1. The van der Waals surface area contributed by atoms with Gasteiger partial charge in [0.25, 0.3) is 5.91 Å². The van der Waals surface area contributed by atoms with Gasteiger partial charge in [-0.3, -0.25) is 4.79 Å². The Labute approximate surface area is 191 Å². The van der Waals surface area contributed by atoms with Gasteiger partial charge in [0.2, 0.25) is 0 Å². The van der Waals surface area contributed by atoms with Crippen molar-refractivity contribution in [2.45, 2.75) is 38.5 Å². The van der Waals surface area contributed by atoms with Crippen LogP contribution < -0.4 is 10.6 Å². The molecule has 0 radical (unpaired) electrons. The van der Waals surface area contributed by atoms with Crippen LogP contribution in [0.25, 0.3) is 11.3 Å². The molecule has 3 aromatic rings. The minimum Gasteiger partial charge on any atom is -0.507 e. The molecule has 0 saturated heterocycles. The zero-order valence-corrected chi connectivity index (χ0v) is 18.5. The van der Waals surface area contributed by atoms with Crippen molar-refractivity contribution >= 4 is 29.2 Å². The van der Waals surface area contributed by atoms with E-state index in [1.54, 1.807) is 36.4 Å². The summed E-state index contributed by atoms with van der Waals surface area (Å²) < 4.78 is 1.41. The van der Waals surface area contributed by atoms with E-state index in [-0.39, 0.29) is 23.6 Å². The topological polar surface area (TPSA) is 96.3 Å². The molecule has 1 aliphatic rings. The smallest absolute Gasteiger partial charge is 0.342 e. The summed E-state index contributed by atoms with van der Waals surface area (Å²) in [4.78, 5) is 25.2. The zero-order chi connectivity index (χ0) is 22.7. The number of phenols is 1. The Balaban J connectivity index is 1.67. The molecule has 0 bridgehead atoms. The molecule has 1 saturated carbocycles. The second kappa shape index (κ2) is 9.44. The number of benzene rings is 2. The van der Waals surface area contributed by atoms with Crippen LogP contribution in [0, 0.1) is 0 Å². The number of carbonyl (C=O) groups is 2. The van der Waals surface area contributed by atoms with Crippen molar-refractivity contribution in [1.82, 2.24) is 15.1 Å². The Bertz CT molecular complexity index is 1150. The lowest BCUT2D eigenvalue weighted by Crippen LogP contribution is -2.30. The Hall–Kier alpha value is -3.32. The predicted octanol–water partition coefficient (Wildman–Crippen LogP) is 5.40. The van der Waals surface area contributed by atoms with Crippen LogP contribution in [-0.2, 0) is 0 Å². The average molecular weight is 453 g/mol. The van der Waals surface area contributed by atoms with E-state index in [2.05, 4.69) is 15.7 Å². The van der Waals surface area contributed by atoms with Crippen LogP contribution in [0.15, 0.2) is 48.5 Å². The largest absolute Gasteiger partial charge is 0.507 e. The second-order valence-electron chi connectivity index (χ2n) is 7.85. The van der Waals surface area contributed by atoms with Gasteiger partial charge in [-0.15, -0.1) is 0 Å². The van der Waals surface area contributed by atoms with E-state index in [0.717, 1.165) is 31.4 Å². The van der Waals surface area contributed by atoms with Gasteiger partial charge in [-0.2, -0.15) is 9.78 Å². The van der Waals surface area contributed by atoms with Gasteiger partial charge in [0.05, 0.1) is 22.0 Å². The van der Waals surface area contributed by atoms with Gasteiger partial charge in [-0.05, 0) is 56.2 Å². The number of halogens is 1. The molecule has 1 aliphatic carbocycles. The molecule has 0 atom stereocenters. The summed E-state index contributed by atoms with van der Waals surface area (Å²) in [5, 5.41) is 21.0. The molecule has 0 unspecified atom stereocenters. The van der Waals surface area contributed by atoms with Gasteiger partial charge in [-0.1, -0.05) is 36.6 Å². The maximum absolute atomic E-state index is 12.6. The molecule has 1 aromatic heterocycles. The number of carbonyl (C=O) groups excluding carboxylic acids is 2. The molecular formula is C24H25ClN4O3. The molecule has 166 valence electrons. The fraction of sp³-hybridized carbons (Fsp3) is 0.292. The number of aromatic hydroxyl groups is 1. The van der Waals surface area contributed by atoms with E-state index >= 15 is 0 Å². The number of hydrogen-bond acceptors (Lipinski definition) is 4. The Morgan fingerprint density at radius 1 is 1.16 bits per heavy atom. The highest BCUT2D eigenvalue weighted by Crippen LogP contribution is 2.38. The lowest BCUT2D eigenvalue weighted by atomic mass is 10.0. The van der Waals surface area contributed by atoms with Crippen molar-refractivity contribution in [2.24, 2.45) is 0 Å². The third-order valence-electron chi connectivity index (χ3n) is 5.68. The Morgan fingerprint density at radius 3 is 2.62 bits per heavy atom. The van der Waals surface area contributed by atoms with Crippen molar-refractivity contribution in [3.8, 4) is 17.0 Å². The van der Waals surface area contributed by atoms with E-state index in [4.69, 9.17) is 11.6 Å². The molecule has 0 spiro atoms. The lowest BCUT2D eigenvalue weighted by Gasteiger charge is -2.11. The van der Waals surface area contributed by atoms with Crippen molar-refractivity contribution in [1.29, 1.82) is 0 Å². The second-order valence-corrected chi connectivity index (χ2v) is 8.26. The number of phenolic OH excluding ortho intramolecular Hbond substituents is 1. The minimum atomic E-state index is -0.355. The van der Waals surface area contributed by atoms with Crippen molar-refractivity contribution in [3.05, 3.63) is 64.8 Å². The maximum Gasteiger partial charge on any atom is 0.342 e. The quantitative estimate of drug-likeness (QED) is 0.452. The molecule has 0 aliphatic heterocycles. The number of rotatable bonds is 5. The van der Waals surface area contributed by atoms with Crippen LogP contribution in [0.5, 0.6) is 5.75 Å². The summed E-state index contributed by atoms with van der Waals surface area (Å²) >= 11 is 6.12. The molecule has 8 heteroatoms. The van der Waals surface area contributed by atoms with Gasteiger partial charge < -0.3 is 15.7 Å². The summed E-state index contributed by atoms with van der Waals surface area (Å²) in [6, 6.07) is 13.1. The molecule has 7 nitrogen and oxygen atoms in total. The van der Waals surface area contributed by atoms with Crippen molar-refractivity contribution < 1.29 is 14.7 Å². The molecule has 2 amide bonds. The monoisotopic (exact) mass is 452 g/mol. The first-order valence-corrected chi connectivity index (χ1v) is 11.1. The molecular weight excluding hydrogens is 428 g/mol. The first-order chi connectivity index (χ1) is 15.5. The number of nitrogens with one attached hydrogen (secondary N) is 2. The predicted molar refractivity (Wildman–Crippen MR) is 124 cm³/mol. The third kappa shape index (κ3) is 4.48. The van der Waals surface area contributed by atoms with Gasteiger partial charge in [0.1, 0.15) is 5.75 Å². The number of hydrogen-bond donors (Lipinski definition) is 3. The first kappa shape index (κ1) is 21.9. The molecule has 2 aromatic carbocycles. The third-order valence-corrected chi connectivity index (χ3v) is 6.01. The van der Waals surface area contributed by atoms with Gasteiger partial charge >= 0.3 is 6.03 Å². The van der Waals surface area contributed by atoms with Crippen LogP contribution in [0.4, 0.5) is 10.5 Å². The van der Waals surface area contributed by atoms with E-state index in [9.17, 15) is 14.7 Å². The van der Waals surface area contributed by atoms with Crippen LogP contribution in [0.3, 0.4) is 0 Å². The first-order valence-electron chi connectivity index (χ1n) is 10.8. The normalized spacial score (nSPS) is 13.8. The van der Waals surface area contributed by atoms with Crippen LogP contribution in [0.2, 0.25) is 5.02 Å². The van der Waals surface area contributed by atoms with E-state index < -0.39 is 0 Å². The van der Waals surface area contributed by atoms with Gasteiger partial charge in [-0.25, -0.2) is 4.79 Å². The molecule has 3 N–H and O–H groups in total. The number of nitrogens with zero attached hydrogens (tertiary/aromatic N) is 2. The van der Waals surface area contributed by atoms with Crippen LogP contribution >= 0.6 is 11.6 Å². The van der Waals surface area contributed by atoms with Crippen molar-refractivity contribution in [2.75, 3.05) is 11.9 Å². The van der Waals surface area contributed by atoms with Gasteiger partial charge in [0, 0.05) is 23.7 Å². The summed E-state index contributed by atoms with van der Waals surface area (Å²) in [5.41, 5.74) is 2.59. The molecule has 1 heterocycles. The molecule has 32 heavy (non-hydrogen) atoms. The maximum atomic E-state index is 12.6. The highest BCUT2D eigenvalue weighted by Gasteiger charge is 2.26. The summed E-state index contributed by atoms with van der Waals surface area (Å²) in [5.74, 6) is -0.0879. The van der Waals surface area contributed by atoms with Crippen molar-refractivity contribution in [3.63, 3.8) is 0 Å². The van der Waals surface area contributed by atoms with E-state index in [1.165, 1.54) is 10.7 Å².